The molecule has 1 aromatic rings. The minimum Gasteiger partial charge on any atom is -0.462 e. The Morgan fingerprint density at radius 2 is 2.19 bits per heavy atom. The standard InChI is InChI=1S/C10H10FNO4/c1-3-16-10(13)7-5-8(11)6(2)4-9(7)12(14)15/h4-5H,3H2,1-2H3. The van der Waals surface area contributed by atoms with Gasteiger partial charge in [0.25, 0.3) is 5.69 Å². The molecule has 0 spiro atoms. The number of benzene rings is 1. The third-order valence-corrected chi connectivity index (χ3v) is 1.97. The molecule has 5 nitrogen and oxygen atoms in total. The van der Waals surface area contributed by atoms with Crippen LogP contribution in [0.4, 0.5) is 10.1 Å². The molecule has 0 aromatic heterocycles. The summed E-state index contributed by atoms with van der Waals surface area (Å²) in [7, 11) is 0. The minimum absolute atomic E-state index is 0.0749. The molecular formula is C10H10FNO4. The number of hydrogen-bond acceptors (Lipinski definition) is 4. The van der Waals surface area contributed by atoms with Gasteiger partial charge in [-0.15, -0.1) is 0 Å². The molecule has 0 radical (unpaired) electrons. The second-order valence-electron chi connectivity index (χ2n) is 3.10. The Kier molecular flexibility index (Phi) is 3.55. The molecule has 0 fully saturated rings. The fourth-order valence-corrected chi connectivity index (χ4v) is 1.19. The Morgan fingerprint density at radius 3 is 2.69 bits per heavy atom. The molecule has 0 aliphatic carbocycles. The van der Waals surface area contributed by atoms with E-state index >= 15 is 0 Å². The Labute approximate surface area is 91.0 Å². The van der Waals surface area contributed by atoms with Crippen molar-refractivity contribution in [3.05, 3.63) is 39.2 Å². The number of carbonyl (C=O) groups is 1. The monoisotopic (exact) mass is 227 g/mol. The Morgan fingerprint density at radius 1 is 1.56 bits per heavy atom. The molecule has 0 amide bonds. The van der Waals surface area contributed by atoms with Crippen LogP contribution in [0.5, 0.6) is 0 Å². The largest absolute Gasteiger partial charge is 0.462 e. The average Bonchev–Trinajstić information content (AvgIpc) is 2.21. The molecule has 16 heavy (non-hydrogen) atoms. The van der Waals surface area contributed by atoms with Gasteiger partial charge in [-0.2, -0.15) is 0 Å². The molecule has 0 bridgehead atoms. The van der Waals surface area contributed by atoms with Gasteiger partial charge in [0.2, 0.25) is 0 Å². The van der Waals surface area contributed by atoms with Crippen molar-refractivity contribution in [2.45, 2.75) is 13.8 Å². The van der Waals surface area contributed by atoms with E-state index in [1.807, 2.05) is 0 Å². The van der Waals surface area contributed by atoms with Gasteiger partial charge in [0, 0.05) is 6.07 Å². The number of nitrogens with zero attached hydrogens (tertiary/aromatic N) is 1. The summed E-state index contributed by atoms with van der Waals surface area (Å²) in [5.74, 6) is -1.57. The lowest BCUT2D eigenvalue weighted by Crippen LogP contribution is -2.09. The van der Waals surface area contributed by atoms with Crippen molar-refractivity contribution in [1.29, 1.82) is 0 Å². The van der Waals surface area contributed by atoms with Crippen LogP contribution in [-0.4, -0.2) is 17.5 Å². The summed E-state index contributed by atoms with van der Waals surface area (Å²) in [5, 5.41) is 10.7. The Bertz CT molecular complexity index is 445. The van der Waals surface area contributed by atoms with Crippen LogP contribution in [0.3, 0.4) is 0 Å². The second-order valence-corrected chi connectivity index (χ2v) is 3.10. The van der Waals surface area contributed by atoms with Gasteiger partial charge in [-0.3, -0.25) is 10.1 Å². The SMILES string of the molecule is CCOC(=O)c1cc(F)c(C)cc1[N+](=O)[O-]. The van der Waals surface area contributed by atoms with Crippen molar-refractivity contribution < 1.29 is 18.8 Å². The average molecular weight is 227 g/mol. The van der Waals surface area contributed by atoms with Crippen molar-refractivity contribution in [2.24, 2.45) is 0 Å². The first kappa shape index (κ1) is 12.1. The lowest BCUT2D eigenvalue weighted by molar-refractivity contribution is -0.385. The fourth-order valence-electron chi connectivity index (χ4n) is 1.19. The number of esters is 1. The van der Waals surface area contributed by atoms with E-state index in [9.17, 15) is 19.3 Å². The molecule has 0 N–H and O–H groups in total. The highest BCUT2D eigenvalue weighted by molar-refractivity contribution is 5.94. The van der Waals surface area contributed by atoms with Crippen molar-refractivity contribution in [3.8, 4) is 0 Å². The number of nitro benzene ring substituents is 1. The van der Waals surface area contributed by atoms with E-state index in [1.54, 1.807) is 6.92 Å². The molecular weight excluding hydrogens is 217 g/mol. The molecule has 0 unspecified atom stereocenters. The third-order valence-electron chi connectivity index (χ3n) is 1.97. The summed E-state index contributed by atoms with van der Waals surface area (Å²) < 4.78 is 17.8. The van der Waals surface area contributed by atoms with Crippen LogP contribution in [0.1, 0.15) is 22.8 Å². The number of halogens is 1. The number of rotatable bonds is 3. The molecule has 86 valence electrons. The zero-order chi connectivity index (χ0) is 12.3. The summed E-state index contributed by atoms with van der Waals surface area (Å²) in [6, 6.07) is 1.84. The zero-order valence-electron chi connectivity index (χ0n) is 8.82. The number of aryl methyl sites for hydroxylation is 1. The Hall–Kier alpha value is -1.98. The van der Waals surface area contributed by atoms with Gasteiger partial charge in [-0.05, 0) is 25.5 Å². The zero-order valence-corrected chi connectivity index (χ0v) is 8.82. The van der Waals surface area contributed by atoms with Gasteiger partial charge in [0.1, 0.15) is 11.4 Å². The van der Waals surface area contributed by atoms with Crippen LogP contribution in [0, 0.1) is 22.9 Å². The first-order chi connectivity index (χ1) is 7.47. The van der Waals surface area contributed by atoms with Crippen LogP contribution in [0.15, 0.2) is 12.1 Å². The normalized spacial score (nSPS) is 9.94. The molecule has 0 heterocycles. The van der Waals surface area contributed by atoms with Crippen LogP contribution >= 0.6 is 0 Å². The fraction of sp³-hybridized carbons (Fsp3) is 0.300. The van der Waals surface area contributed by atoms with Crippen molar-refractivity contribution >= 4 is 11.7 Å². The smallest absolute Gasteiger partial charge is 0.345 e. The van der Waals surface area contributed by atoms with E-state index in [2.05, 4.69) is 4.74 Å². The third kappa shape index (κ3) is 2.33. The number of hydrogen-bond donors (Lipinski definition) is 0. The summed E-state index contributed by atoms with van der Waals surface area (Å²) in [6.45, 7) is 3.02. The van der Waals surface area contributed by atoms with Crippen LogP contribution in [0.2, 0.25) is 0 Å². The number of carbonyl (C=O) groups excluding carboxylic acids is 1. The molecule has 1 aromatic carbocycles. The van der Waals surface area contributed by atoms with E-state index < -0.39 is 22.4 Å². The molecule has 1 rings (SSSR count). The maximum atomic E-state index is 13.2. The highest BCUT2D eigenvalue weighted by Crippen LogP contribution is 2.23. The molecule has 0 aliphatic heterocycles. The second kappa shape index (κ2) is 4.69. The van der Waals surface area contributed by atoms with E-state index in [1.165, 1.54) is 6.92 Å². The maximum absolute atomic E-state index is 13.2. The topological polar surface area (TPSA) is 69.4 Å². The summed E-state index contributed by atoms with van der Waals surface area (Å²) in [4.78, 5) is 21.3. The number of nitro groups is 1. The van der Waals surface area contributed by atoms with Crippen molar-refractivity contribution in [3.63, 3.8) is 0 Å². The van der Waals surface area contributed by atoms with Gasteiger partial charge in [-0.25, -0.2) is 9.18 Å². The molecule has 0 aliphatic rings. The highest BCUT2D eigenvalue weighted by atomic mass is 19.1. The van der Waals surface area contributed by atoms with E-state index in [0.717, 1.165) is 12.1 Å². The summed E-state index contributed by atoms with van der Waals surface area (Å²) in [5.41, 5.74) is -0.702. The van der Waals surface area contributed by atoms with Gasteiger partial charge in [-0.1, -0.05) is 0 Å². The summed E-state index contributed by atoms with van der Waals surface area (Å²) in [6.07, 6.45) is 0. The Balaban J connectivity index is 3.30. The van der Waals surface area contributed by atoms with E-state index in [0.29, 0.717) is 0 Å². The van der Waals surface area contributed by atoms with Gasteiger partial charge in [0.15, 0.2) is 0 Å². The first-order valence-electron chi connectivity index (χ1n) is 4.59. The first-order valence-corrected chi connectivity index (χ1v) is 4.59. The lowest BCUT2D eigenvalue weighted by Gasteiger charge is -2.04. The maximum Gasteiger partial charge on any atom is 0.345 e. The van der Waals surface area contributed by atoms with Gasteiger partial charge < -0.3 is 4.74 Å². The van der Waals surface area contributed by atoms with Crippen LogP contribution < -0.4 is 0 Å². The van der Waals surface area contributed by atoms with Crippen LogP contribution in [0.25, 0.3) is 0 Å². The molecule has 6 heteroatoms. The quantitative estimate of drug-likeness (QED) is 0.451. The summed E-state index contributed by atoms with van der Waals surface area (Å²) >= 11 is 0. The van der Waals surface area contributed by atoms with Crippen LogP contribution in [-0.2, 0) is 4.74 Å². The van der Waals surface area contributed by atoms with E-state index in [-0.39, 0.29) is 17.7 Å². The molecule has 0 saturated carbocycles. The van der Waals surface area contributed by atoms with Gasteiger partial charge >= 0.3 is 5.97 Å². The number of ether oxygens (including phenoxy) is 1. The van der Waals surface area contributed by atoms with Gasteiger partial charge in [0.05, 0.1) is 11.5 Å². The minimum atomic E-state index is -0.895. The van der Waals surface area contributed by atoms with Crippen molar-refractivity contribution in [1.82, 2.24) is 0 Å². The molecule has 0 atom stereocenters. The predicted octanol–water partition coefficient (Wildman–Crippen LogP) is 2.22. The van der Waals surface area contributed by atoms with Crippen molar-refractivity contribution in [2.75, 3.05) is 6.61 Å². The highest BCUT2D eigenvalue weighted by Gasteiger charge is 2.23. The predicted molar refractivity (Wildman–Crippen MR) is 53.7 cm³/mol. The van der Waals surface area contributed by atoms with E-state index in [4.69, 9.17) is 0 Å². The lowest BCUT2D eigenvalue weighted by atomic mass is 10.1. The molecule has 0 saturated heterocycles.